The number of rotatable bonds is 4. The summed E-state index contributed by atoms with van der Waals surface area (Å²) in [5, 5.41) is 13.1. The monoisotopic (exact) mass is 316 g/mol. The third kappa shape index (κ3) is 2.85. The number of anilines is 1. The zero-order valence-corrected chi connectivity index (χ0v) is 13.9. The van der Waals surface area contributed by atoms with E-state index in [1.165, 1.54) is 5.56 Å². The molecule has 2 aliphatic rings. The van der Waals surface area contributed by atoms with Gasteiger partial charge in [0.15, 0.2) is 0 Å². The molecule has 4 heterocycles. The fourth-order valence-corrected chi connectivity index (χ4v) is 3.67. The van der Waals surface area contributed by atoms with Crippen molar-refractivity contribution in [1.82, 2.24) is 24.5 Å². The number of aromatic nitrogens is 5. The summed E-state index contributed by atoms with van der Waals surface area (Å²) in [6.45, 7) is 6.76. The normalized spacial score (nSPS) is 24.7. The van der Waals surface area contributed by atoms with Crippen molar-refractivity contribution < 1.29 is 4.74 Å². The summed E-state index contributed by atoms with van der Waals surface area (Å²) in [5.74, 6) is 3.13. The largest absolute Gasteiger partial charge is 0.381 e. The third-order valence-corrected chi connectivity index (χ3v) is 5.05. The van der Waals surface area contributed by atoms with Gasteiger partial charge in [0.1, 0.15) is 5.82 Å². The summed E-state index contributed by atoms with van der Waals surface area (Å²) in [4.78, 5) is 2.37. The van der Waals surface area contributed by atoms with Crippen LogP contribution in [-0.2, 0) is 18.3 Å². The molecule has 2 saturated heterocycles. The van der Waals surface area contributed by atoms with Crippen LogP contribution in [0.1, 0.15) is 30.1 Å². The van der Waals surface area contributed by atoms with E-state index in [-0.39, 0.29) is 0 Å². The summed E-state index contributed by atoms with van der Waals surface area (Å²) in [6.07, 6.45) is 6.39. The van der Waals surface area contributed by atoms with Crippen molar-refractivity contribution in [2.75, 3.05) is 31.2 Å². The SMILES string of the molecule is Cc1nnc(N2CCC(c3cnn(C)c3)C2)n1CC1CCOC1. The first-order valence-electron chi connectivity index (χ1n) is 8.41. The van der Waals surface area contributed by atoms with Crippen LogP contribution in [0.4, 0.5) is 5.95 Å². The summed E-state index contributed by atoms with van der Waals surface area (Å²) in [7, 11) is 1.97. The molecule has 2 fully saturated rings. The van der Waals surface area contributed by atoms with E-state index in [9.17, 15) is 0 Å². The second kappa shape index (κ2) is 5.96. The smallest absolute Gasteiger partial charge is 0.227 e. The highest BCUT2D eigenvalue weighted by atomic mass is 16.5. The Balaban J connectivity index is 1.50. The summed E-state index contributed by atoms with van der Waals surface area (Å²) >= 11 is 0. The molecule has 0 saturated carbocycles. The van der Waals surface area contributed by atoms with Gasteiger partial charge in [-0.3, -0.25) is 9.25 Å². The zero-order valence-electron chi connectivity index (χ0n) is 13.9. The van der Waals surface area contributed by atoms with E-state index in [0.717, 1.165) is 57.5 Å². The molecule has 23 heavy (non-hydrogen) atoms. The molecule has 0 spiro atoms. The lowest BCUT2D eigenvalue weighted by Gasteiger charge is -2.20. The number of aryl methyl sites for hydroxylation is 2. The zero-order chi connectivity index (χ0) is 15.8. The van der Waals surface area contributed by atoms with Crippen LogP contribution in [0, 0.1) is 12.8 Å². The molecule has 124 valence electrons. The van der Waals surface area contributed by atoms with E-state index in [0.29, 0.717) is 11.8 Å². The number of hydrogen-bond acceptors (Lipinski definition) is 5. The van der Waals surface area contributed by atoms with E-state index in [2.05, 4.69) is 31.0 Å². The molecule has 0 aliphatic carbocycles. The van der Waals surface area contributed by atoms with Gasteiger partial charge in [-0.2, -0.15) is 5.10 Å². The second-order valence-electron chi connectivity index (χ2n) is 6.77. The van der Waals surface area contributed by atoms with Crippen molar-refractivity contribution in [3.05, 3.63) is 23.8 Å². The molecule has 2 aromatic heterocycles. The van der Waals surface area contributed by atoms with Crippen molar-refractivity contribution in [3.63, 3.8) is 0 Å². The Bertz CT molecular complexity index is 672. The molecule has 2 aliphatic heterocycles. The predicted octanol–water partition coefficient (Wildman–Crippen LogP) is 1.35. The highest BCUT2D eigenvalue weighted by Crippen LogP contribution is 2.30. The van der Waals surface area contributed by atoms with E-state index in [1.54, 1.807) is 0 Å². The molecular weight excluding hydrogens is 292 g/mol. The van der Waals surface area contributed by atoms with Crippen LogP contribution in [0.5, 0.6) is 0 Å². The number of ether oxygens (including phenoxy) is 1. The van der Waals surface area contributed by atoms with Crippen molar-refractivity contribution >= 4 is 5.95 Å². The van der Waals surface area contributed by atoms with Crippen LogP contribution in [-0.4, -0.2) is 50.8 Å². The van der Waals surface area contributed by atoms with Crippen molar-refractivity contribution in [2.24, 2.45) is 13.0 Å². The maximum Gasteiger partial charge on any atom is 0.227 e. The lowest BCUT2D eigenvalue weighted by molar-refractivity contribution is 0.182. The first kappa shape index (κ1) is 14.7. The van der Waals surface area contributed by atoms with E-state index in [1.807, 2.05) is 24.9 Å². The summed E-state index contributed by atoms with van der Waals surface area (Å²) in [5.41, 5.74) is 1.32. The molecule has 7 nitrogen and oxygen atoms in total. The Hall–Kier alpha value is -1.89. The number of hydrogen-bond donors (Lipinski definition) is 0. The molecule has 2 unspecified atom stereocenters. The van der Waals surface area contributed by atoms with Crippen LogP contribution in [0.25, 0.3) is 0 Å². The topological polar surface area (TPSA) is 61.0 Å². The third-order valence-electron chi connectivity index (χ3n) is 5.05. The molecule has 0 radical (unpaired) electrons. The van der Waals surface area contributed by atoms with Gasteiger partial charge in [-0.05, 0) is 25.3 Å². The van der Waals surface area contributed by atoms with Crippen LogP contribution in [0.2, 0.25) is 0 Å². The fraction of sp³-hybridized carbons (Fsp3) is 0.688. The van der Waals surface area contributed by atoms with Gasteiger partial charge < -0.3 is 9.64 Å². The molecular formula is C16H24N6O. The predicted molar refractivity (Wildman–Crippen MR) is 86.5 cm³/mol. The van der Waals surface area contributed by atoms with Gasteiger partial charge >= 0.3 is 0 Å². The van der Waals surface area contributed by atoms with Crippen LogP contribution >= 0.6 is 0 Å². The van der Waals surface area contributed by atoms with Crippen molar-refractivity contribution in [1.29, 1.82) is 0 Å². The van der Waals surface area contributed by atoms with Gasteiger partial charge in [0, 0.05) is 51.3 Å². The minimum absolute atomic E-state index is 0.531. The Labute approximate surface area is 136 Å². The van der Waals surface area contributed by atoms with Gasteiger partial charge in [0.05, 0.1) is 12.8 Å². The number of nitrogens with zero attached hydrogens (tertiary/aromatic N) is 6. The maximum absolute atomic E-state index is 5.51. The minimum Gasteiger partial charge on any atom is -0.381 e. The van der Waals surface area contributed by atoms with Crippen LogP contribution in [0.3, 0.4) is 0 Å². The van der Waals surface area contributed by atoms with Crippen molar-refractivity contribution in [2.45, 2.75) is 32.2 Å². The molecule has 7 heteroatoms. The Morgan fingerprint density at radius 3 is 2.96 bits per heavy atom. The Morgan fingerprint density at radius 2 is 2.22 bits per heavy atom. The Morgan fingerprint density at radius 1 is 1.30 bits per heavy atom. The molecule has 0 amide bonds. The van der Waals surface area contributed by atoms with Gasteiger partial charge in [-0.1, -0.05) is 0 Å². The fourth-order valence-electron chi connectivity index (χ4n) is 3.67. The highest BCUT2D eigenvalue weighted by Gasteiger charge is 2.29. The second-order valence-corrected chi connectivity index (χ2v) is 6.77. The van der Waals surface area contributed by atoms with E-state index in [4.69, 9.17) is 4.74 Å². The molecule has 2 aromatic rings. The molecule has 2 atom stereocenters. The lowest BCUT2D eigenvalue weighted by atomic mass is 10.0. The minimum atomic E-state index is 0.531. The summed E-state index contributed by atoms with van der Waals surface area (Å²) in [6, 6.07) is 0. The van der Waals surface area contributed by atoms with Gasteiger partial charge in [-0.25, -0.2) is 0 Å². The van der Waals surface area contributed by atoms with Gasteiger partial charge in [0.25, 0.3) is 0 Å². The molecule has 0 N–H and O–H groups in total. The maximum atomic E-state index is 5.51. The standard InChI is InChI=1S/C16H24N6O/c1-12-18-19-16(22(12)8-13-4-6-23-11-13)21-5-3-14(10-21)15-7-17-20(2)9-15/h7,9,13-14H,3-6,8,10-11H2,1-2H3. The van der Waals surface area contributed by atoms with E-state index >= 15 is 0 Å². The van der Waals surface area contributed by atoms with Gasteiger partial charge in [0.2, 0.25) is 5.95 Å². The molecule has 4 rings (SSSR count). The average Bonchev–Trinajstić information content (AvgIpc) is 3.29. The van der Waals surface area contributed by atoms with Gasteiger partial charge in [-0.15, -0.1) is 10.2 Å². The molecule has 0 aromatic carbocycles. The molecule has 0 bridgehead atoms. The van der Waals surface area contributed by atoms with Crippen LogP contribution < -0.4 is 4.90 Å². The first-order valence-corrected chi connectivity index (χ1v) is 8.41. The average molecular weight is 316 g/mol. The quantitative estimate of drug-likeness (QED) is 0.852. The Kier molecular flexibility index (Phi) is 3.80. The van der Waals surface area contributed by atoms with Crippen molar-refractivity contribution in [3.8, 4) is 0 Å². The first-order chi connectivity index (χ1) is 11.2. The van der Waals surface area contributed by atoms with E-state index < -0.39 is 0 Å². The highest BCUT2D eigenvalue weighted by molar-refractivity contribution is 5.35. The lowest BCUT2D eigenvalue weighted by Crippen LogP contribution is -2.25. The van der Waals surface area contributed by atoms with Crippen LogP contribution in [0.15, 0.2) is 12.4 Å². The summed E-state index contributed by atoms with van der Waals surface area (Å²) < 4.78 is 9.66.